The third-order valence-corrected chi connectivity index (χ3v) is 4.13. The van der Waals surface area contributed by atoms with Gasteiger partial charge in [-0.1, -0.05) is 11.1 Å². The SMILES string of the molecule is O=C1C[C@H]2CC3=C(CCCC3)C[C@@H]12. The Morgan fingerprint density at radius 2 is 1.62 bits per heavy atom. The lowest BCUT2D eigenvalue weighted by Crippen LogP contribution is -2.40. The largest absolute Gasteiger partial charge is 0.299 e. The number of carbonyl (C=O) groups is 1. The smallest absolute Gasteiger partial charge is 0.136 e. The molecule has 3 aliphatic carbocycles. The summed E-state index contributed by atoms with van der Waals surface area (Å²) in [6, 6.07) is 0. The van der Waals surface area contributed by atoms with Crippen LogP contribution in [0.15, 0.2) is 11.1 Å². The fourth-order valence-corrected chi connectivity index (χ4v) is 3.25. The molecule has 0 heterocycles. The van der Waals surface area contributed by atoms with Gasteiger partial charge in [-0.05, 0) is 44.4 Å². The molecular weight excluding hydrogens is 160 g/mol. The van der Waals surface area contributed by atoms with Crippen molar-refractivity contribution in [1.82, 2.24) is 0 Å². The predicted octanol–water partition coefficient (Wildman–Crippen LogP) is 2.86. The van der Waals surface area contributed by atoms with Crippen molar-refractivity contribution in [3.05, 3.63) is 11.1 Å². The molecule has 13 heavy (non-hydrogen) atoms. The zero-order valence-corrected chi connectivity index (χ0v) is 8.01. The van der Waals surface area contributed by atoms with Crippen LogP contribution in [0.3, 0.4) is 0 Å². The second-order valence-corrected chi connectivity index (χ2v) is 4.86. The highest BCUT2D eigenvalue weighted by Gasteiger charge is 2.43. The Bertz CT molecular complexity index is 287. The maximum Gasteiger partial charge on any atom is 0.136 e. The van der Waals surface area contributed by atoms with Gasteiger partial charge in [-0.15, -0.1) is 0 Å². The van der Waals surface area contributed by atoms with E-state index in [1.807, 2.05) is 0 Å². The highest BCUT2D eigenvalue weighted by Crippen LogP contribution is 2.48. The number of hydrogen-bond acceptors (Lipinski definition) is 1. The zero-order valence-electron chi connectivity index (χ0n) is 8.01. The number of fused-ring (bicyclic) bond motifs is 1. The van der Waals surface area contributed by atoms with E-state index >= 15 is 0 Å². The summed E-state index contributed by atoms with van der Waals surface area (Å²) in [7, 11) is 0. The van der Waals surface area contributed by atoms with Gasteiger partial charge in [0.15, 0.2) is 0 Å². The van der Waals surface area contributed by atoms with Gasteiger partial charge in [-0.25, -0.2) is 0 Å². The van der Waals surface area contributed by atoms with E-state index in [2.05, 4.69) is 0 Å². The number of ketones is 1. The molecule has 3 aliphatic rings. The van der Waals surface area contributed by atoms with Crippen molar-refractivity contribution in [3.8, 4) is 0 Å². The fourth-order valence-electron chi connectivity index (χ4n) is 3.25. The van der Waals surface area contributed by atoms with E-state index in [1.165, 1.54) is 32.1 Å². The van der Waals surface area contributed by atoms with Gasteiger partial charge >= 0.3 is 0 Å². The molecule has 0 bridgehead atoms. The van der Waals surface area contributed by atoms with Crippen LogP contribution in [0.25, 0.3) is 0 Å². The summed E-state index contributed by atoms with van der Waals surface area (Å²) in [4.78, 5) is 11.3. The highest BCUT2D eigenvalue weighted by molar-refractivity contribution is 5.88. The van der Waals surface area contributed by atoms with E-state index in [9.17, 15) is 4.79 Å². The quantitative estimate of drug-likeness (QED) is 0.519. The normalized spacial score (nSPS) is 38.0. The van der Waals surface area contributed by atoms with Crippen LogP contribution in [-0.4, -0.2) is 5.78 Å². The lowest BCUT2D eigenvalue weighted by atomic mass is 9.61. The Balaban J connectivity index is 1.85. The molecule has 0 radical (unpaired) electrons. The minimum Gasteiger partial charge on any atom is -0.299 e. The Morgan fingerprint density at radius 3 is 2.31 bits per heavy atom. The molecule has 0 aliphatic heterocycles. The second-order valence-electron chi connectivity index (χ2n) is 4.86. The molecule has 70 valence electrons. The van der Waals surface area contributed by atoms with Crippen molar-refractivity contribution in [2.75, 3.05) is 0 Å². The van der Waals surface area contributed by atoms with E-state index in [0.717, 1.165) is 18.8 Å². The van der Waals surface area contributed by atoms with Gasteiger partial charge in [0, 0.05) is 12.3 Å². The third-order valence-electron chi connectivity index (χ3n) is 4.13. The van der Waals surface area contributed by atoms with Gasteiger partial charge in [0.05, 0.1) is 0 Å². The van der Waals surface area contributed by atoms with Crippen molar-refractivity contribution in [2.45, 2.75) is 44.9 Å². The molecule has 1 saturated carbocycles. The van der Waals surface area contributed by atoms with Gasteiger partial charge in [0.25, 0.3) is 0 Å². The molecule has 0 aromatic rings. The van der Waals surface area contributed by atoms with Gasteiger partial charge in [0.2, 0.25) is 0 Å². The van der Waals surface area contributed by atoms with E-state index in [-0.39, 0.29) is 0 Å². The van der Waals surface area contributed by atoms with E-state index in [4.69, 9.17) is 0 Å². The number of rotatable bonds is 0. The van der Waals surface area contributed by atoms with E-state index in [1.54, 1.807) is 11.1 Å². The first kappa shape index (κ1) is 7.78. The summed E-state index contributed by atoms with van der Waals surface area (Å²) < 4.78 is 0. The number of carbonyl (C=O) groups excluding carboxylic acids is 1. The Morgan fingerprint density at radius 1 is 0.923 bits per heavy atom. The Hall–Kier alpha value is -0.590. The maximum absolute atomic E-state index is 11.3. The molecule has 0 N–H and O–H groups in total. The van der Waals surface area contributed by atoms with Gasteiger partial charge < -0.3 is 0 Å². The number of Topliss-reactive ketones (excluding diaryl/α,β-unsaturated/α-hetero) is 1. The lowest BCUT2D eigenvalue weighted by Gasteiger charge is -2.42. The van der Waals surface area contributed by atoms with E-state index < -0.39 is 0 Å². The minimum absolute atomic E-state index is 0.455. The molecule has 0 unspecified atom stereocenters. The van der Waals surface area contributed by atoms with Gasteiger partial charge in [0.1, 0.15) is 5.78 Å². The third kappa shape index (κ3) is 1.09. The van der Waals surface area contributed by atoms with Crippen LogP contribution in [-0.2, 0) is 4.79 Å². The van der Waals surface area contributed by atoms with Crippen LogP contribution in [0.1, 0.15) is 44.9 Å². The first-order chi connectivity index (χ1) is 6.34. The average molecular weight is 176 g/mol. The predicted molar refractivity (Wildman–Crippen MR) is 51.3 cm³/mol. The monoisotopic (exact) mass is 176 g/mol. The molecule has 2 atom stereocenters. The second kappa shape index (κ2) is 2.70. The average Bonchev–Trinajstić information content (AvgIpc) is 2.16. The zero-order chi connectivity index (χ0) is 8.84. The summed E-state index contributed by atoms with van der Waals surface area (Å²) in [5.74, 6) is 1.75. The molecule has 0 saturated heterocycles. The maximum atomic E-state index is 11.3. The topological polar surface area (TPSA) is 17.1 Å². The Kier molecular flexibility index (Phi) is 1.61. The van der Waals surface area contributed by atoms with Crippen molar-refractivity contribution in [1.29, 1.82) is 0 Å². The van der Waals surface area contributed by atoms with Crippen molar-refractivity contribution in [3.63, 3.8) is 0 Å². The summed E-state index contributed by atoms with van der Waals surface area (Å²) in [5, 5.41) is 0. The van der Waals surface area contributed by atoms with Crippen LogP contribution < -0.4 is 0 Å². The first-order valence-electron chi connectivity index (χ1n) is 5.57. The minimum atomic E-state index is 0.455. The first-order valence-corrected chi connectivity index (χ1v) is 5.57. The van der Waals surface area contributed by atoms with Gasteiger partial charge in [-0.3, -0.25) is 4.79 Å². The molecule has 0 spiro atoms. The van der Waals surface area contributed by atoms with Crippen LogP contribution in [0.5, 0.6) is 0 Å². The van der Waals surface area contributed by atoms with Crippen LogP contribution in [0.2, 0.25) is 0 Å². The molecular formula is C12H16O. The standard InChI is InChI=1S/C12H16O/c13-12-7-10-5-8-3-1-2-4-9(8)6-11(10)12/h10-11H,1-7H2/t10-,11-/m1/s1. The van der Waals surface area contributed by atoms with Crippen molar-refractivity contribution < 1.29 is 4.79 Å². The van der Waals surface area contributed by atoms with Crippen molar-refractivity contribution in [2.24, 2.45) is 11.8 Å². The van der Waals surface area contributed by atoms with Crippen LogP contribution in [0, 0.1) is 11.8 Å². The fraction of sp³-hybridized carbons (Fsp3) is 0.750. The van der Waals surface area contributed by atoms with Gasteiger partial charge in [-0.2, -0.15) is 0 Å². The molecule has 1 nitrogen and oxygen atoms in total. The molecule has 0 aromatic heterocycles. The number of hydrogen-bond donors (Lipinski definition) is 0. The van der Waals surface area contributed by atoms with Crippen LogP contribution >= 0.6 is 0 Å². The summed E-state index contributed by atoms with van der Waals surface area (Å²) in [6.07, 6.45) is 8.69. The summed E-state index contributed by atoms with van der Waals surface area (Å²) in [6.45, 7) is 0. The molecule has 0 amide bonds. The molecule has 3 rings (SSSR count). The van der Waals surface area contributed by atoms with Crippen LogP contribution in [0.4, 0.5) is 0 Å². The number of allylic oxidation sites excluding steroid dienone is 2. The molecule has 0 aromatic carbocycles. The Labute approximate surface area is 79.2 Å². The molecule has 1 fully saturated rings. The van der Waals surface area contributed by atoms with E-state index in [0.29, 0.717) is 11.7 Å². The molecule has 1 heteroatoms. The summed E-state index contributed by atoms with van der Waals surface area (Å²) >= 11 is 0. The summed E-state index contributed by atoms with van der Waals surface area (Å²) in [5.41, 5.74) is 3.40. The lowest BCUT2D eigenvalue weighted by molar-refractivity contribution is -0.134. The highest BCUT2D eigenvalue weighted by atomic mass is 16.1. The van der Waals surface area contributed by atoms with Crippen molar-refractivity contribution >= 4 is 5.78 Å².